The summed E-state index contributed by atoms with van der Waals surface area (Å²) in [6, 6.07) is 4.06. The predicted octanol–water partition coefficient (Wildman–Crippen LogP) is 4.91. The maximum atomic E-state index is 14.0. The van der Waals surface area contributed by atoms with Crippen LogP contribution in [0, 0.1) is 5.92 Å². The number of alkyl carbamates (subject to hydrolysis) is 1. The number of ether oxygens (including phenoxy) is 1. The van der Waals surface area contributed by atoms with Gasteiger partial charge in [0.05, 0.1) is 0 Å². The van der Waals surface area contributed by atoms with Crippen LogP contribution in [0.25, 0.3) is 0 Å². The molecule has 3 amide bonds. The number of nitrogens with zero attached hydrogens (tertiary/aromatic N) is 1. The Hall–Kier alpha value is -2.77. The van der Waals surface area contributed by atoms with Crippen molar-refractivity contribution in [2.45, 2.75) is 111 Å². The molecule has 0 aliphatic carbocycles. The first-order chi connectivity index (χ1) is 16.2. The number of para-hydroxylation sites is 1. The molecule has 1 aromatic rings. The minimum Gasteiger partial charge on any atom is -0.508 e. The molecule has 3 unspecified atom stereocenters. The minimum atomic E-state index is -1.07. The molecule has 0 radical (unpaired) electrons. The lowest BCUT2D eigenvalue weighted by molar-refractivity contribution is -0.145. The van der Waals surface area contributed by atoms with Crippen molar-refractivity contribution in [1.82, 2.24) is 15.5 Å². The number of hydrogen-bond acceptors (Lipinski definition) is 5. The Kier molecular flexibility index (Phi) is 11.5. The van der Waals surface area contributed by atoms with E-state index in [0.29, 0.717) is 12.0 Å². The number of hydrogen-bond donors (Lipinski definition) is 3. The summed E-state index contributed by atoms with van der Waals surface area (Å²) in [5, 5.41) is 16.3. The topological polar surface area (TPSA) is 108 Å². The van der Waals surface area contributed by atoms with Crippen LogP contribution < -0.4 is 10.6 Å². The van der Waals surface area contributed by atoms with Gasteiger partial charge in [0.15, 0.2) is 0 Å². The zero-order valence-electron chi connectivity index (χ0n) is 22.8. The van der Waals surface area contributed by atoms with E-state index in [1.165, 1.54) is 11.0 Å². The molecule has 1 aromatic carbocycles. The molecule has 0 saturated heterocycles. The fraction of sp³-hybridized carbons (Fsp3) is 0.667. The lowest BCUT2D eigenvalue weighted by Crippen LogP contribution is -2.55. The largest absolute Gasteiger partial charge is 0.508 e. The van der Waals surface area contributed by atoms with E-state index in [0.717, 1.165) is 12.8 Å². The molecule has 8 nitrogen and oxygen atoms in total. The number of aromatic hydroxyl groups is 1. The van der Waals surface area contributed by atoms with Crippen molar-refractivity contribution >= 4 is 17.9 Å². The van der Waals surface area contributed by atoms with Crippen LogP contribution in [0.4, 0.5) is 4.79 Å². The molecule has 0 spiro atoms. The quantitative estimate of drug-likeness (QED) is 0.407. The Bertz CT molecular complexity index is 847. The third kappa shape index (κ3) is 9.78. The zero-order chi connectivity index (χ0) is 26.9. The van der Waals surface area contributed by atoms with Gasteiger partial charge in [0.25, 0.3) is 0 Å². The molecular formula is C27H45N3O5. The van der Waals surface area contributed by atoms with Gasteiger partial charge in [0.1, 0.15) is 23.4 Å². The van der Waals surface area contributed by atoms with Crippen molar-refractivity contribution in [2.24, 2.45) is 5.92 Å². The van der Waals surface area contributed by atoms with Gasteiger partial charge in [-0.05, 0) is 66.4 Å². The lowest BCUT2D eigenvalue weighted by Gasteiger charge is -2.38. The maximum Gasteiger partial charge on any atom is 0.408 e. The van der Waals surface area contributed by atoms with E-state index in [1.54, 1.807) is 39.0 Å². The highest BCUT2D eigenvalue weighted by Crippen LogP contribution is 2.31. The molecule has 0 saturated carbocycles. The number of carbonyl (C=O) groups excluding carboxylic acids is 3. The predicted molar refractivity (Wildman–Crippen MR) is 138 cm³/mol. The summed E-state index contributed by atoms with van der Waals surface area (Å²) in [5.41, 5.74) is -0.391. The zero-order valence-corrected chi connectivity index (χ0v) is 22.8. The molecule has 0 heterocycles. The molecule has 0 bridgehead atoms. The van der Waals surface area contributed by atoms with Crippen LogP contribution in [0.1, 0.15) is 93.2 Å². The Labute approximate surface area is 210 Å². The first-order valence-electron chi connectivity index (χ1n) is 12.6. The summed E-state index contributed by atoms with van der Waals surface area (Å²) in [7, 11) is 0. The van der Waals surface area contributed by atoms with Crippen LogP contribution in [0.2, 0.25) is 0 Å². The van der Waals surface area contributed by atoms with E-state index >= 15 is 0 Å². The SMILES string of the molecule is CCCC(C)NC(=O)C(c1ccccc1O)N(C(=O)C(CC(C)C)NC(=O)OC(C)(C)C)C(C)C. The third-order valence-corrected chi connectivity index (χ3v) is 5.38. The van der Waals surface area contributed by atoms with E-state index in [9.17, 15) is 19.5 Å². The van der Waals surface area contributed by atoms with Crippen LogP contribution in [0.3, 0.4) is 0 Å². The lowest BCUT2D eigenvalue weighted by atomic mass is 9.97. The van der Waals surface area contributed by atoms with Crippen molar-refractivity contribution in [3.05, 3.63) is 29.8 Å². The van der Waals surface area contributed by atoms with E-state index in [2.05, 4.69) is 10.6 Å². The highest BCUT2D eigenvalue weighted by atomic mass is 16.6. The molecule has 0 fully saturated rings. The van der Waals surface area contributed by atoms with Gasteiger partial charge in [-0.2, -0.15) is 0 Å². The first-order valence-corrected chi connectivity index (χ1v) is 12.6. The van der Waals surface area contributed by atoms with Gasteiger partial charge in [-0.15, -0.1) is 0 Å². The molecule has 0 aromatic heterocycles. The van der Waals surface area contributed by atoms with Gasteiger partial charge in [0, 0.05) is 17.6 Å². The summed E-state index contributed by atoms with van der Waals surface area (Å²) in [6.07, 6.45) is 1.35. The van der Waals surface area contributed by atoms with Gasteiger partial charge in [-0.25, -0.2) is 4.79 Å². The molecule has 8 heteroatoms. The highest BCUT2D eigenvalue weighted by Gasteiger charge is 2.39. The van der Waals surface area contributed by atoms with Crippen molar-refractivity contribution in [1.29, 1.82) is 0 Å². The van der Waals surface area contributed by atoms with Crippen molar-refractivity contribution in [3.63, 3.8) is 0 Å². The number of nitrogens with one attached hydrogen (secondary N) is 2. The maximum absolute atomic E-state index is 14.0. The van der Waals surface area contributed by atoms with Gasteiger partial charge in [-0.1, -0.05) is 45.4 Å². The molecule has 3 atom stereocenters. The summed E-state index contributed by atoms with van der Waals surface area (Å²) in [4.78, 5) is 41.5. The van der Waals surface area contributed by atoms with E-state index in [1.807, 2.05) is 41.5 Å². The Balaban J connectivity index is 3.47. The third-order valence-electron chi connectivity index (χ3n) is 5.38. The minimum absolute atomic E-state index is 0.0743. The van der Waals surface area contributed by atoms with E-state index in [4.69, 9.17) is 4.74 Å². The van der Waals surface area contributed by atoms with Crippen LogP contribution in [0.15, 0.2) is 24.3 Å². The molecule has 198 valence electrons. The summed E-state index contributed by atoms with van der Waals surface area (Å²) in [5.74, 6) is -0.772. The molecule has 3 N–H and O–H groups in total. The summed E-state index contributed by atoms with van der Waals surface area (Å²) in [6.45, 7) is 16.7. The van der Waals surface area contributed by atoms with Crippen LogP contribution >= 0.6 is 0 Å². The number of amides is 3. The van der Waals surface area contributed by atoms with Crippen molar-refractivity contribution < 1.29 is 24.2 Å². The Morgan fingerprint density at radius 2 is 1.63 bits per heavy atom. The number of benzene rings is 1. The second kappa shape index (κ2) is 13.4. The fourth-order valence-corrected chi connectivity index (χ4v) is 3.97. The molecular weight excluding hydrogens is 446 g/mol. The highest BCUT2D eigenvalue weighted by molar-refractivity contribution is 5.92. The van der Waals surface area contributed by atoms with Crippen LogP contribution in [-0.2, 0) is 14.3 Å². The number of rotatable bonds is 11. The average Bonchev–Trinajstić information content (AvgIpc) is 2.69. The van der Waals surface area contributed by atoms with Crippen molar-refractivity contribution in [3.8, 4) is 5.75 Å². The van der Waals surface area contributed by atoms with Gasteiger partial charge in [-0.3, -0.25) is 9.59 Å². The number of phenolic OH excluding ortho intramolecular Hbond substituents is 1. The normalized spacial score (nSPS) is 14.3. The van der Waals surface area contributed by atoms with Gasteiger partial charge in [0.2, 0.25) is 11.8 Å². The smallest absolute Gasteiger partial charge is 0.408 e. The summed E-state index contributed by atoms with van der Waals surface area (Å²) >= 11 is 0. The fourth-order valence-electron chi connectivity index (χ4n) is 3.97. The standard InChI is InChI=1S/C27H45N3O5/c1-10-13-19(6)28-24(32)23(20-14-11-12-15-22(20)31)30(18(4)5)25(33)21(16-17(2)3)29-26(34)35-27(7,8)9/h11-12,14-15,17-19,21,23,31H,10,13,16H2,1-9H3,(H,28,32)(H,29,34). The molecule has 0 aliphatic rings. The number of phenols is 1. The Morgan fingerprint density at radius 1 is 1.03 bits per heavy atom. The summed E-state index contributed by atoms with van der Waals surface area (Å²) < 4.78 is 5.39. The second-order valence-corrected chi connectivity index (χ2v) is 10.8. The van der Waals surface area contributed by atoms with E-state index in [-0.39, 0.29) is 23.6 Å². The Morgan fingerprint density at radius 3 is 2.11 bits per heavy atom. The monoisotopic (exact) mass is 491 g/mol. The van der Waals surface area contributed by atoms with Gasteiger partial charge >= 0.3 is 6.09 Å². The molecule has 1 rings (SSSR count). The van der Waals surface area contributed by atoms with Crippen LogP contribution in [-0.4, -0.2) is 51.6 Å². The van der Waals surface area contributed by atoms with Gasteiger partial charge < -0.3 is 25.4 Å². The second-order valence-electron chi connectivity index (χ2n) is 10.8. The average molecular weight is 492 g/mol. The first kappa shape index (κ1) is 30.3. The number of carbonyl (C=O) groups is 3. The molecule has 35 heavy (non-hydrogen) atoms. The molecule has 0 aliphatic heterocycles. The van der Waals surface area contributed by atoms with Crippen molar-refractivity contribution in [2.75, 3.05) is 0 Å². The van der Waals surface area contributed by atoms with Crippen LogP contribution in [0.5, 0.6) is 5.75 Å². The van der Waals surface area contributed by atoms with E-state index < -0.39 is 35.7 Å².